The molecule has 2 saturated heterocycles. The number of pyridine rings is 1. The van der Waals surface area contributed by atoms with Gasteiger partial charge in [-0.2, -0.15) is 0 Å². The molecule has 0 saturated carbocycles. The Kier molecular flexibility index (Phi) is 3.86. The highest BCUT2D eigenvalue weighted by atomic mass is 32.2. The maximum absolute atomic E-state index is 5.48. The molecule has 112 valence electrons. The van der Waals surface area contributed by atoms with Crippen LogP contribution in [0.2, 0.25) is 0 Å². The number of aromatic nitrogens is 3. The van der Waals surface area contributed by atoms with Crippen LogP contribution in [-0.2, 0) is 11.2 Å². The van der Waals surface area contributed by atoms with Crippen LogP contribution in [0.1, 0.15) is 36.9 Å². The molecule has 2 aromatic rings. The molecule has 1 unspecified atom stereocenters. The minimum atomic E-state index is 0.528. The quantitative estimate of drug-likeness (QED) is 0.871. The number of hydrogen-bond donors (Lipinski definition) is 0. The number of fused-ring (bicyclic) bond motifs is 1. The predicted octanol–water partition coefficient (Wildman–Crippen LogP) is 3.43. The average Bonchev–Trinajstić information content (AvgIpc) is 3.14. The predicted molar refractivity (Wildman–Crippen MR) is 85.5 cm³/mol. The Morgan fingerprint density at radius 2 is 2.19 bits per heavy atom. The van der Waals surface area contributed by atoms with Crippen LogP contribution < -0.4 is 0 Å². The van der Waals surface area contributed by atoms with E-state index in [9.17, 15) is 0 Å². The highest BCUT2D eigenvalue weighted by Crippen LogP contribution is 2.39. The van der Waals surface area contributed by atoms with Crippen LogP contribution in [0.5, 0.6) is 0 Å². The summed E-state index contributed by atoms with van der Waals surface area (Å²) in [5.41, 5.74) is 2.12. The first-order valence-electron chi connectivity index (χ1n) is 7.93. The van der Waals surface area contributed by atoms with Crippen molar-refractivity contribution in [3.63, 3.8) is 0 Å². The lowest BCUT2D eigenvalue weighted by Gasteiger charge is -2.23. The van der Waals surface area contributed by atoms with E-state index in [2.05, 4.69) is 15.6 Å². The summed E-state index contributed by atoms with van der Waals surface area (Å²) in [5, 5.41) is 0.528. The fraction of sp³-hybridized carbons (Fsp3) is 0.625. The van der Waals surface area contributed by atoms with Crippen molar-refractivity contribution in [2.45, 2.75) is 37.5 Å². The molecule has 0 aliphatic carbocycles. The first kappa shape index (κ1) is 13.6. The van der Waals surface area contributed by atoms with Gasteiger partial charge in [-0.15, -0.1) is 11.8 Å². The Balaban J connectivity index is 1.70. The van der Waals surface area contributed by atoms with Gasteiger partial charge in [-0.05, 0) is 49.5 Å². The zero-order valence-corrected chi connectivity index (χ0v) is 13.0. The van der Waals surface area contributed by atoms with Crippen LogP contribution >= 0.6 is 11.8 Å². The van der Waals surface area contributed by atoms with Crippen molar-refractivity contribution in [3.05, 3.63) is 24.2 Å². The number of rotatable bonds is 3. The summed E-state index contributed by atoms with van der Waals surface area (Å²) in [6, 6.07) is 4.08. The Bertz CT molecular complexity index is 615. The molecule has 2 fully saturated rings. The van der Waals surface area contributed by atoms with Gasteiger partial charge >= 0.3 is 0 Å². The number of thioether (sulfide) groups is 1. The molecule has 0 N–H and O–H groups in total. The van der Waals surface area contributed by atoms with Crippen molar-refractivity contribution < 1.29 is 4.74 Å². The molecule has 4 rings (SSSR count). The van der Waals surface area contributed by atoms with Crippen molar-refractivity contribution in [2.75, 3.05) is 19.0 Å². The van der Waals surface area contributed by atoms with Gasteiger partial charge in [0, 0.05) is 25.8 Å². The highest BCUT2D eigenvalue weighted by Gasteiger charge is 2.25. The summed E-state index contributed by atoms with van der Waals surface area (Å²) < 4.78 is 7.90. The minimum absolute atomic E-state index is 0.528. The van der Waals surface area contributed by atoms with E-state index in [0.717, 1.165) is 43.6 Å². The molecular weight excluding hydrogens is 282 g/mol. The van der Waals surface area contributed by atoms with Crippen LogP contribution in [0.25, 0.3) is 11.2 Å². The molecular formula is C16H21N3OS. The van der Waals surface area contributed by atoms with Crippen molar-refractivity contribution in [2.24, 2.45) is 5.92 Å². The second-order valence-electron chi connectivity index (χ2n) is 5.97. The van der Waals surface area contributed by atoms with Gasteiger partial charge in [-0.3, -0.25) is 4.57 Å². The van der Waals surface area contributed by atoms with E-state index in [0.29, 0.717) is 11.3 Å². The summed E-state index contributed by atoms with van der Waals surface area (Å²) in [6.45, 7) is 1.81. The van der Waals surface area contributed by atoms with Gasteiger partial charge in [-0.1, -0.05) is 0 Å². The van der Waals surface area contributed by atoms with E-state index >= 15 is 0 Å². The van der Waals surface area contributed by atoms with Gasteiger partial charge in [0.1, 0.15) is 11.3 Å². The van der Waals surface area contributed by atoms with E-state index in [1.165, 1.54) is 24.4 Å². The minimum Gasteiger partial charge on any atom is -0.381 e. The fourth-order valence-electron chi connectivity index (χ4n) is 3.40. The maximum atomic E-state index is 5.48. The number of nitrogens with zero attached hydrogens (tertiary/aromatic N) is 3. The van der Waals surface area contributed by atoms with Gasteiger partial charge in [0.25, 0.3) is 0 Å². The van der Waals surface area contributed by atoms with Crippen molar-refractivity contribution >= 4 is 22.9 Å². The fourth-order valence-corrected chi connectivity index (χ4v) is 4.71. The molecule has 2 aliphatic heterocycles. The summed E-state index contributed by atoms with van der Waals surface area (Å²) in [5.74, 6) is 3.20. The van der Waals surface area contributed by atoms with Crippen LogP contribution in [0.4, 0.5) is 0 Å². The largest absolute Gasteiger partial charge is 0.381 e. The zero-order valence-electron chi connectivity index (χ0n) is 12.2. The molecule has 4 heterocycles. The Morgan fingerprint density at radius 3 is 3.00 bits per heavy atom. The molecule has 4 nitrogen and oxygen atoms in total. The molecule has 21 heavy (non-hydrogen) atoms. The van der Waals surface area contributed by atoms with Gasteiger partial charge in [-0.25, -0.2) is 9.97 Å². The van der Waals surface area contributed by atoms with Crippen LogP contribution in [0.15, 0.2) is 18.3 Å². The number of hydrogen-bond acceptors (Lipinski definition) is 4. The number of imidazole rings is 1. The van der Waals surface area contributed by atoms with E-state index in [1.807, 2.05) is 24.0 Å². The monoisotopic (exact) mass is 303 g/mol. The second kappa shape index (κ2) is 5.97. The molecule has 0 spiro atoms. The van der Waals surface area contributed by atoms with Gasteiger partial charge in [0.15, 0.2) is 5.65 Å². The lowest BCUT2D eigenvalue weighted by Crippen LogP contribution is -2.20. The van der Waals surface area contributed by atoms with Gasteiger partial charge in [0.2, 0.25) is 0 Å². The highest BCUT2D eigenvalue weighted by molar-refractivity contribution is 7.99. The van der Waals surface area contributed by atoms with Crippen molar-refractivity contribution in [3.8, 4) is 0 Å². The Hall–Kier alpha value is -1.07. The van der Waals surface area contributed by atoms with Crippen molar-refractivity contribution in [1.82, 2.24) is 14.5 Å². The first-order chi connectivity index (χ1) is 10.4. The average molecular weight is 303 g/mol. The molecule has 0 aromatic carbocycles. The van der Waals surface area contributed by atoms with E-state index in [4.69, 9.17) is 9.72 Å². The third-order valence-electron chi connectivity index (χ3n) is 4.53. The molecule has 2 aliphatic rings. The van der Waals surface area contributed by atoms with E-state index < -0.39 is 0 Å². The molecule has 5 heteroatoms. The summed E-state index contributed by atoms with van der Waals surface area (Å²) in [4.78, 5) is 9.50. The normalized spacial score (nSPS) is 23.9. The SMILES string of the molecule is c1cnc2c(c1)nc(CC1CCOCC1)n2C1CCCS1. The standard InChI is InChI=1S/C16H21N3OS/c1-3-13-16(17-7-1)19(15-4-2-10-21-15)14(18-13)11-12-5-8-20-9-6-12/h1,3,7,12,15H,2,4-6,8-11H2. The smallest absolute Gasteiger partial charge is 0.160 e. The lowest BCUT2D eigenvalue weighted by molar-refractivity contribution is 0.0657. The first-order valence-corrected chi connectivity index (χ1v) is 8.98. The van der Waals surface area contributed by atoms with E-state index in [-0.39, 0.29) is 0 Å². The molecule has 1 atom stereocenters. The van der Waals surface area contributed by atoms with Gasteiger partial charge < -0.3 is 4.74 Å². The van der Waals surface area contributed by atoms with Gasteiger partial charge in [0.05, 0.1) is 5.37 Å². The molecule has 0 radical (unpaired) electrons. The summed E-state index contributed by atoms with van der Waals surface area (Å²) in [6.07, 6.45) is 7.82. The van der Waals surface area contributed by atoms with E-state index in [1.54, 1.807) is 0 Å². The topological polar surface area (TPSA) is 39.9 Å². The second-order valence-corrected chi connectivity index (χ2v) is 7.26. The molecule has 0 bridgehead atoms. The third kappa shape index (κ3) is 2.69. The van der Waals surface area contributed by atoms with Crippen LogP contribution in [-0.4, -0.2) is 33.5 Å². The Morgan fingerprint density at radius 1 is 1.29 bits per heavy atom. The van der Waals surface area contributed by atoms with Crippen LogP contribution in [0.3, 0.4) is 0 Å². The number of ether oxygens (including phenoxy) is 1. The molecule has 2 aromatic heterocycles. The Labute approximate surface area is 129 Å². The molecule has 0 amide bonds. The van der Waals surface area contributed by atoms with Crippen LogP contribution in [0, 0.1) is 5.92 Å². The maximum Gasteiger partial charge on any atom is 0.160 e. The lowest BCUT2D eigenvalue weighted by atomic mass is 9.96. The third-order valence-corrected chi connectivity index (χ3v) is 5.88. The summed E-state index contributed by atoms with van der Waals surface area (Å²) >= 11 is 2.05. The zero-order chi connectivity index (χ0) is 14.1. The summed E-state index contributed by atoms with van der Waals surface area (Å²) in [7, 11) is 0. The van der Waals surface area contributed by atoms with Crippen molar-refractivity contribution in [1.29, 1.82) is 0 Å².